The summed E-state index contributed by atoms with van der Waals surface area (Å²) in [6, 6.07) is 17.1. The molecule has 0 unspecified atom stereocenters. The van der Waals surface area contributed by atoms with Crippen molar-refractivity contribution in [2.45, 2.75) is 33.2 Å². The van der Waals surface area contributed by atoms with Crippen molar-refractivity contribution >= 4 is 17.6 Å². The molecule has 0 N–H and O–H groups in total. The summed E-state index contributed by atoms with van der Waals surface area (Å²) >= 11 is 0. The third kappa shape index (κ3) is 3.78. The van der Waals surface area contributed by atoms with Gasteiger partial charge in [0.05, 0.1) is 19.3 Å². The Balaban J connectivity index is 2.06. The Bertz CT molecular complexity index is 1090. The van der Waals surface area contributed by atoms with Gasteiger partial charge >= 0.3 is 11.9 Å². The van der Waals surface area contributed by atoms with Gasteiger partial charge in [-0.05, 0) is 38.5 Å². The maximum absolute atomic E-state index is 13.8. The maximum atomic E-state index is 13.8. The number of aryl methyl sites for hydroxylation is 1. The van der Waals surface area contributed by atoms with E-state index in [1.807, 2.05) is 85.8 Å². The molecule has 0 fully saturated rings. The lowest BCUT2D eigenvalue weighted by molar-refractivity contribution is -0.169. The van der Waals surface area contributed by atoms with Gasteiger partial charge in [0.1, 0.15) is 0 Å². The number of hydrogen-bond acceptors (Lipinski definition) is 5. The van der Waals surface area contributed by atoms with E-state index in [2.05, 4.69) is 4.90 Å². The van der Waals surface area contributed by atoms with E-state index < -0.39 is 23.4 Å². The van der Waals surface area contributed by atoms with E-state index in [0.29, 0.717) is 12.0 Å². The average Bonchev–Trinajstić information content (AvgIpc) is 2.93. The van der Waals surface area contributed by atoms with Crippen LogP contribution in [0, 0.1) is 12.3 Å². The summed E-state index contributed by atoms with van der Waals surface area (Å²) in [5.74, 6) is -1.18. The number of nitrogens with zero attached hydrogens (tertiary/aromatic N) is 1. The van der Waals surface area contributed by atoms with Crippen molar-refractivity contribution in [3.05, 3.63) is 101 Å². The molecule has 2 aromatic carbocycles. The first kappa shape index (κ1) is 22.6. The number of esters is 2. The van der Waals surface area contributed by atoms with Gasteiger partial charge in [-0.3, -0.25) is 9.59 Å². The quantitative estimate of drug-likeness (QED) is 0.440. The van der Waals surface area contributed by atoms with Gasteiger partial charge in [0.15, 0.2) is 0 Å². The Kier molecular flexibility index (Phi) is 6.50. The first-order valence-corrected chi connectivity index (χ1v) is 11.4. The molecule has 5 nitrogen and oxygen atoms in total. The Morgan fingerprint density at radius 1 is 0.939 bits per heavy atom. The highest BCUT2D eigenvalue weighted by Crippen LogP contribution is 2.57. The number of benzene rings is 2. The van der Waals surface area contributed by atoms with Gasteiger partial charge in [0.25, 0.3) is 0 Å². The number of hydrogen-bond donors (Lipinski definition) is 0. The van der Waals surface area contributed by atoms with Gasteiger partial charge in [-0.1, -0.05) is 72.3 Å². The minimum atomic E-state index is -1.66. The summed E-state index contributed by atoms with van der Waals surface area (Å²) in [5, 5.41) is 0. The van der Waals surface area contributed by atoms with Crippen LogP contribution >= 0.6 is 0 Å². The van der Waals surface area contributed by atoms with Crippen LogP contribution in [0.5, 0.6) is 0 Å². The summed E-state index contributed by atoms with van der Waals surface area (Å²) in [6.45, 7) is 5.86. The van der Waals surface area contributed by atoms with E-state index >= 15 is 0 Å². The van der Waals surface area contributed by atoms with E-state index in [1.165, 1.54) is 0 Å². The van der Waals surface area contributed by atoms with Crippen LogP contribution in [0.3, 0.4) is 0 Å². The van der Waals surface area contributed by atoms with Crippen molar-refractivity contribution in [1.82, 2.24) is 0 Å². The lowest BCUT2D eigenvalue weighted by Gasteiger charge is -2.37. The van der Waals surface area contributed by atoms with Crippen LogP contribution < -0.4 is 4.90 Å². The Morgan fingerprint density at radius 2 is 1.58 bits per heavy atom. The molecule has 0 bridgehead atoms. The van der Waals surface area contributed by atoms with Crippen LogP contribution in [-0.2, 0) is 19.1 Å². The van der Waals surface area contributed by atoms with Crippen molar-refractivity contribution in [1.29, 1.82) is 0 Å². The minimum Gasteiger partial charge on any atom is -0.465 e. The molecule has 1 aliphatic heterocycles. The standard InChI is InChI=1S/C28H29NO4/c1-4-32-26(30)28(27(31)33-5-2)23-14-10-7-11-15-24(23)29(22-18-16-20(3)17-19-22)25(28)21-12-8-6-9-13-21/h6-14,16-19,25H,4-5,15H2,1-3H3/t25-/m0/s1. The zero-order valence-electron chi connectivity index (χ0n) is 19.3. The van der Waals surface area contributed by atoms with Crippen molar-refractivity contribution in [2.75, 3.05) is 18.1 Å². The number of rotatable bonds is 6. The molecule has 2 aromatic rings. The fourth-order valence-corrected chi connectivity index (χ4v) is 4.76. The fourth-order valence-electron chi connectivity index (χ4n) is 4.76. The fraction of sp³-hybridized carbons (Fsp3) is 0.286. The van der Waals surface area contributed by atoms with E-state index in [0.717, 1.165) is 22.5 Å². The van der Waals surface area contributed by atoms with Gasteiger partial charge < -0.3 is 14.4 Å². The van der Waals surface area contributed by atoms with Gasteiger partial charge in [0.2, 0.25) is 5.41 Å². The Hall–Kier alpha value is -3.60. The zero-order chi connectivity index (χ0) is 23.4. The highest BCUT2D eigenvalue weighted by Gasteiger charge is 2.64. The predicted molar refractivity (Wildman–Crippen MR) is 128 cm³/mol. The first-order valence-electron chi connectivity index (χ1n) is 11.4. The lowest BCUT2D eigenvalue weighted by atomic mass is 9.72. The summed E-state index contributed by atoms with van der Waals surface area (Å²) in [7, 11) is 0. The zero-order valence-corrected chi connectivity index (χ0v) is 19.3. The Labute approximate surface area is 195 Å². The topological polar surface area (TPSA) is 55.8 Å². The summed E-state index contributed by atoms with van der Waals surface area (Å²) in [4.78, 5) is 29.8. The maximum Gasteiger partial charge on any atom is 0.330 e. The second kappa shape index (κ2) is 9.49. The second-order valence-corrected chi connectivity index (χ2v) is 8.12. The van der Waals surface area contributed by atoms with Crippen LogP contribution in [0.25, 0.3) is 0 Å². The van der Waals surface area contributed by atoms with Crippen LogP contribution in [0.4, 0.5) is 5.69 Å². The SMILES string of the molecule is CCOC(=O)C1(C(=O)OCC)C2=C(CC=CC=C2)N(c2ccc(C)cc2)[C@H]1c1ccccc1. The smallest absolute Gasteiger partial charge is 0.330 e. The molecule has 0 amide bonds. The summed E-state index contributed by atoms with van der Waals surface area (Å²) in [5.41, 5.74) is 2.73. The van der Waals surface area contributed by atoms with Crippen LogP contribution in [0.1, 0.15) is 37.4 Å². The number of anilines is 1. The molecule has 1 aliphatic carbocycles. The van der Waals surface area contributed by atoms with Crippen LogP contribution in [-0.4, -0.2) is 25.2 Å². The molecule has 1 atom stereocenters. The van der Waals surface area contributed by atoms with E-state index in [-0.39, 0.29) is 13.2 Å². The molecule has 0 radical (unpaired) electrons. The molecular formula is C28H29NO4. The molecule has 170 valence electrons. The van der Waals surface area contributed by atoms with Crippen LogP contribution in [0.15, 0.2) is 90.2 Å². The van der Waals surface area contributed by atoms with Gasteiger partial charge in [-0.2, -0.15) is 0 Å². The molecular weight excluding hydrogens is 414 g/mol. The van der Waals surface area contributed by atoms with E-state index in [9.17, 15) is 9.59 Å². The molecule has 1 heterocycles. The molecule has 33 heavy (non-hydrogen) atoms. The number of allylic oxidation sites excluding steroid dienone is 4. The third-order valence-electron chi connectivity index (χ3n) is 6.14. The number of carbonyl (C=O) groups is 2. The van der Waals surface area contributed by atoms with Gasteiger partial charge in [-0.25, -0.2) is 0 Å². The van der Waals surface area contributed by atoms with Crippen molar-refractivity contribution < 1.29 is 19.1 Å². The number of carbonyl (C=O) groups excluding carboxylic acids is 2. The van der Waals surface area contributed by atoms with Crippen molar-refractivity contribution in [2.24, 2.45) is 5.41 Å². The molecule has 0 aromatic heterocycles. The normalized spacial score (nSPS) is 18.6. The second-order valence-electron chi connectivity index (χ2n) is 8.12. The van der Waals surface area contributed by atoms with Crippen molar-refractivity contribution in [3.63, 3.8) is 0 Å². The van der Waals surface area contributed by atoms with Crippen LogP contribution in [0.2, 0.25) is 0 Å². The predicted octanol–water partition coefficient (Wildman–Crippen LogP) is 5.44. The minimum absolute atomic E-state index is 0.163. The monoisotopic (exact) mass is 443 g/mol. The van der Waals surface area contributed by atoms with Gasteiger partial charge in [-0.15, -0.1) is 0 Å². The highest BCUT2D eigenvalue weighted by molar-refractivity contribution is 6.07. The first-order chi connectivity index (χ1) is 16.1. The molecule has 5 heteroatoms. The molecule has 2 aliphatic rings. The molecule has 0 spiro atoms. The molecule has 0 saturated carbocycles. The molecule has 0 saturated heterocycles. The summed E-state index contributed by atoms with van der Waals surface area (Å²) < 4.78 is 11.2. The number of ether oxygens (including phenoxy) is 2. The third-order valence-corrected chi connectivity index (χ3v) is 6.14. The highest BCUT2D eigenvalue weighted by atomic mass is 16.6. The average molecular weight is 444 g/mol. The largest absolute Gasteiger partial charge is 0.465 e. The van der Waals surface area contributed by atoms with E-state index in [1.54, 1.807) is 13.8 Å². The summed E-state index contributed by atoms with van der Waals surface area (Å²) in [6.07, 6.45) is 8.27. The Morgan fingerprint density at radius 3 is 2.18 bits per heavy atom. The lowest BCUT2D eigenvalue weighted by Crippen LogP contribution is -2.49. The van der Waals surface area contributed by atoms with E-state index in [4.69, 9.17) is 9.47 Å². The van der Waals surface area contributed by atoms with Crippen molar-refractivity contribution in [3.8, 4) is 0 Å². The van der Waals surface area contributed by atoms with Gasteiger partial charge in [0, 0.05) is 23.4 Å². The molecule has 4 rings (SSSR count).